The second-order valence-electron chi connectivity index (χ2n) is 5.72. The van der Waals surface area contributed by atoms with Crippen LogP contribution < -0.4 is 4.65 Å². The molecule has 5 heteroatoms. The van der Waals surface area contributed by atoms with Crippen molar-refractivity contribution in [2.24, 2.45) is 4.99 Å². The van der Waals surface area contributed by atoms with Gasteiger partial charge in [-0.15, -0.1) is 0 Å². The van der Waals surface area contributed by atoms with Crippen LogP contribution in [0.25, 0.3) is 0 Å². The van der Waals surface area contributed by atoms with Gasteiger partial charge >= 0.3 is 0 Å². The number of rotatable bonds is 5. The summed E-state index contributed by atoms with van der Waals surface area (Å²) in [4.78, 5) is 6.83. The molecule has 1 aromatic rings. The number of amidine groups is 1. The molecule has 1 aromatic carbocycles. The molecule has 2 rings (SSSR count). The van der Waals surface area contributed by atoms with E-state index in [1.165, 1.54) is 0 Å². The van der Waals surface area contributed by atoms with E-state index in [9.17, 15) is 5.21 Å². The van der Waals surface area contributed by atoms with Crippen molar-refractivity contribution in [1.82, 2.24) is 9.55 Å². The molecule has 1 heterocycles. The monoisotopic (exact) mass is 307 g/mol. The predicted molar refractivity (Wildman–Crippen MR) is 93.1 cm³/mol. The van der Waals surface area contributed by atoms with E-state index in [-0.39, 0.29) is 10.7 Å². The Balaban J connectivity index is 2.17. The third-order valence-corrected chi connectivity index (χ3v) is 4.81. The van der Waals surface area contributed by atoms with Crippen molar-refractivity contribution in [3.05, 3.63) is 35.5 Å². The minimum Gasteiger partial charge on any atom is -0.625 e. The number of benzene rings is 1. The maximum atomic E-state index is 13.1. The zero-order valence-electron chi connectivity index (χ0n) is 13.2. The first kappa shape index (κ1) is 16.3. The number of hydrogen-bond donors (Lipinski definition) is 0. The highest BCUT2D eigenvalue weighted by molar-refractivity contribution is 8.13. The summed E-state index contributed by atoms with van der Waals surface area (Å²) in [6.07, 6.45) is 2.25. The molecule has 1 aliphatic rings. The maximum Gasteiger partial charge on any atom is 0.169 e. The molecule has 0 N–H and O–H groups in total. The lowest BCUT2D eigenvalue weighted by atomic mass is 10.3. The van der Waals surface area contributed by atoms with E-state index in [0.29, 0.717) is 12.5 Å². The fourth-order valence-electron chi connectivity index (χ4n) is 2.30. The number of para-hydroxylation sites is 1. The summed E-state index contributed by atoms with van der Waals surface area (Å²) in [5.41, 5.74) is 0.822. The molecule has 21 heavy (non-hydrogen) atoms. The van der Waals surface area contributed by atoms with E-state index in [4.69, 9.17) is 4.99 Å². The molecular weight excluding hydrogens is 282 g/mol. The van der Waals surface area contributed by atoms with Crippen LogP contribution in [0.5, 0.6) is 0 Å². The highest BCUT2D eigenvalue weighted by atomic mass is 32.2. The largest absolute Gasteiger partial charge is 0.625 e. The Bertz CT molecular complexity index is 478. The summed E-state index contributed by atoms with van der Waals surface area (Å²) in [7, 11) is 0. The van der Waals surface area contributed by atoms with E-state index in [1.807, 2.05) is 30.3 Å². The van der Waals surface area contributed by atoms with Crippen LogP contribution in [0.3, 0.4) is 0 Å². The standard InChI is InChI=1S/C16H25N3OS/c1-4-5-11-17-16-18(14(2)3)12-19(20,13-21-16)15-9-7-6-8-10-15/h6-10,14H,4-5,11-13H2,1-3H3. The van der Waals surface area contributed by atoms with Crippen LogP contribution in [0.15, 0.2) is 35.3 Å². The SMILES string of the molecule is CCCCN=C1SC[N+]([O-])(c2ccccc2)CN1C(C)C. The van der Waals surface area contributed by atoms with Crippen LogP contribution in [0.1, 0.15) is 33.6 Å². The zero-order valence-corrected chi connectivity index (χ0v) is 14.0. The average molecular weight is 307 g/mol. The highest BCUT2D eigenvalue weighted by Crippen LogP contribution is 2.32. The Morgan fingerprint density at radius 1 is 1.33 bits per heavy atom. The molecular formula is C16H25N3OS. The molecule has 0 aliphatic carbocycles. The average Bonchev–Trinajstić information content (AvgIpc) is 2.50. The van der Waals surface area contributed by atoms with Gasteiger partial charge in [0.25, 0.3) is 0 Å². The van der Waals surface area contributed by atoms with E-state index in [1.54, 1.807) is 11.8 Å². The Labute approximate surface area is 132 Å². The number of unbranched alkanes of at least 4 members (excludes halogenated alkanes) is 1. The van der Waals surface area contributed by atoms with Crippen molar-refractivity contribution >= 4 is 22.6 Å². The van der Waals surface area contributed by atoms with Crippen LogP contribution in [-0.4, -0.2) is 35.2 Å². The Morgan fingerprint density at radius 2 is 2.05 bits per heavy atom. The molecule has 116 valence electrons. The smallest absolute Gasteiger partial charge is 0.169 e. The molecule has 1 fully saturated rings. The van der Waals surface area contributed by atoms with E-state index in [2.05, 4.69) is 25.7 Å². The Kier molecular flexibility index (Phi) is 5.67. The highest BCUT2D eigenvalue weighted by Gasteiger charge is 2.33. The normalized spacial score (nSPS) is 24.8. The van der Waals surface area contributed by atoms with Gasteiger partial charge < -0.3 is 14.8 Å². The molecule has 0 saturated carbocycles. The van der Waals surface area contributed by atoms with Crippen molar-refractivity contribution in [2.45, 2.75) is 39.7 Å². The third kappa shape index (κ3) is 3.99. The van der Waals surface area contributed by atoms with Crippen molar-refractivity contribution in [3.63, 3.8) is 0 Å². The van der Waals surface area contributed by atoms with Crippen molar-refractivity contribution < 1.29 is 0 Å². The number of hydrogen-bond acceptors (Lipinski definition) is 3. The van der Waals surface area contributed by atoms with Gasteiger partial charge in [-0.1, -0.05) is 31.5 Å². The van der Waals surface area contributed by atoms with Crippen LogP contribution >= 0.6 is 11.8 Å². The maximum absolute atomic E-state index is 13.1. The van der Waals surface area contributed by atoms with Crippen molar-refractivity contribution in [3.8, 4) is 0 Å². The van der Waals surface area contributed by atoms with Gasteiger partial charge in [0.15, 0.2) is 11.8 Å². The zero-order chi connectivity index (χ0) is 15.3. The van der Waals surface area contributed by atoms with Gasteiger partial charge in [-0.05, 0) is 44.2 Å². The van der Waals surface area contributed by atoms with E-state index < -0.39 is 0 Å². The van der Waals surface area contributed by atoms with Gasteiger partial charge in [0.2, 0.25) is 0 Å². The lowest BCUT2D eigenvalue weighted by Crippen LogP contribution is -2.58. The fraction of sp³-hybridized carbons (Fsp3) is 0.562. The molecule has 0 spiro atoms. The first-order valence-corrected chi connectivity index (χ1v) is 8.63. The number of thioether (sulfide) groups is 1. The van der Waals surface area contributed by atoms with E-state index in [0.717, 1.165) is 30.2 Å². The molecule has 1 aliphatic heterocycles. The summed E-state index contributed by atoms with van der Waals surface area (Å²) in [6.45, 7) is 7.71. The summed E-state index contributed by atoms with van der Waals surface area (Å²) >= 11 is 1.59. The quantitative estimate of drug-likeness (QED) is 0.468. The van der Waals surface area contributed by atoms with Crippen molar-refractivity contribution in [1.29, 1.82) is 0 Å². The van der Waals surface area contributed by atoms with Gasteiger partial charge in [0.1, 0.15) is 11.6 Å². The summed E-state index contributed by atoms with van der Waals surface area (Å²) in [5.74, 6) is 0.498. The number of hydroxylamine groups is 2. The van der Waals surface area contributed by atoms with Gasteiger partial charge in [0, 0.05) is 12.6 Å². The van der Waals surface area contributed by atoms with Crippen LogP contribution in [0.4, 0.5) is 5.69 Å². The Hall–Kier alpha value is -1.04. The summed E-state index contributed by atoms with van der Waals surface area (Å²) in [5, 5.41) is 14.2. The van der Waals surface area contributed by atoms with Crippen LogP contribution in [0.2, 0.25) is 0 Å². The van der Waals surface area contributed by atoms with E-state index >= 15 is 0 Å². The molecule has 1 unspecified atom stereocenters. The van der Waals surface area contributed by atoms with Crippen molar-refractivity contribution in [2.75, 3.05) is 19.1 Å². The molecule has 0 aromatic heterocycles. The molecule has 0 bridgehead atoms. The molecule has 0 radical (unpaired) electrons. The lowest BCUT2D eigenvalue weighted by Gasteiger charge is -2.49. The van der Waals surface area contributed by atoms with Gasteiger partial charge in [-0.25, -0.2) is 0 Å². The molecule has 1 atom stereocenters. The van der Waals surface area contributed by atoms with Crippen LogP contribution in [0, 0.1) is 5.21 Å². The lowest BCUT2D eigenvalue weighted by molar-refractivity contribution is 0.234. The van der Waals surface area contributed by atoms with Gasteiger partial charge in [0.05, 0.1) is 0 Å². The number of quaternary nitrogens is 1. The first-order chi connectivity index (χ1) is 10.1. The molecule has 1 saturated heterocycles. The van der Waals surface area contributed by atoms with Gasteiger partial charge in [-0.3, -0.25) is 4.99 Å². The summed E-state index contributed by atoms with van der Waals surface area (Å²) < 4.78 is -0.309. The summed E-state index contributed by atoms with van der Waals surface area (Å²) in [6, 6.07) is 9.94. The fourth-order valence-corrected chi connectivity index (χ4v) is 3.47. The number of nitrogens with zero attached hydrogens (tertiary/aromatic N) is 3. The Morgan fingerprint density at radius 3 is 2.67 bits per heavy atom. The molecule has 0 amide bonds. The third-order valence-electron chi connectivity index (χ3n) is 3.64. The minimum absolute atomic E-state index is 0.285. The topological polar surface area (TPSA) is 38.7 Å². The number of aliphatic imine (C=N–C) groups is 1. The molecule has 4 nitrogen and oxygen atoms in total. The predicted octanol–water partition coefficient (Wildman–Crippen LogP) is 4.02. The minimum atomic E-state index is -0.309. The second kappa shape index (κ2) is 7.29. The second-order valence-corrected chi connectivity index (χ2v) is 6.63. The van der Waals surface area contributed by atoms with Gasteiger partial charge in [-0.2, -0.15) is 0 Å². The van der Waals surface area contributed by atoms with Crippen LogP contribution in [-0.2, 0) is 0 Å². The first-order valence-electron chi connectivity index (χ1n) is 7.64.